The van der Waals surface area contributed by atoms with E-state index < -0.39 is 11.9 Å². The number of benzene rings is 1. The summed E-state index contributed by atoms with van der Waals surface area (Å²) in [7, 11) is 0. The van der Waals surface area contributed by atoms with E-state index in [-0.39, 0.29) is 11.7 Å². The maximum absolute atomic E-state index is 14.3. The van der Waals surface area contributed by atoms with Crippen molar-refractivity contribution in [3.63, 3.8) is 0 Å². The molecule has 7 heteroatoms. The molecule has 1 aromatic carbocycles. The number of ether oxygens (including phenoxy) is 1. The molecule has 5 nitrogen and oxygen atoms in total. The molecule has 1 fully saturated rings. The van der Waals surface area contributed by atoms with Crippen LogP contribution in [0.1, 0.15) is 0 Å². The Kier molecular flexibility index (Phi) is 4.03. The van der Waals surface area contributed by atoms with Crippen LogP contribution < -0.4 is 10.5 Å². The minimum absolute atomic E-state index is 0.186. The van der Waals surface area contributed by atoms with E-state index in [0.29, 0.717) is 28.6 Å². The Morgan fingerprint density at radius 2 is 2.14 bits per heavy atom. The van der Waals surface area contributed by atoms with Gasteiger partial charge in [0.05, 0.1) is 0 Å². The summed E-state index contributed by atoms with van der Waals surface area (Å²) in [5, 5.41) is 0.660. The zero-order valence-corrected chi connectivity index (χ0v) is 13.3. The second-order valence-electron chi connectivity index (χ2n) is 4.90. The van der Waals surface area contributed by atoms with Gasteiger partial charge in [0, 0.05) is 0 Å². The van der Waals surface area contributed by atoms with E-state index in [1.165, 1.54) is 23.2 Å². The SMILES string of the molecule is O=C1O[C@H](C[As])CN1c1ccc(-c2ccc(=O)[nH]c2)c(F)c1. The molecule has 0 unspecified atom stereocenters. The number of aromatic nitrogens is 1. The van der Waals surface area contributed by atoms with Crippen molar-refractivity contribution in [2.24, 2.45) is 0 Å². The fraction of sp³-hybridized carbons (Fsp3) is 0.200. The summed E-state index contributed by atoms with van der Waals surface area (Å²) in [5.74, 6) is -0.465. The van der Waals surface area contributed by atoms with Crippen LogP contribution in [-0.4, -0.2) is 40.6 Å². The molecule has 2 aromatic rings. The standard InChI is InChI=1S/C15H12AsFN2O3/c16-6-11-8-19(15(21)22-11)10-2-3-12(13(17)5-10)9-1-4-14(20)18-7-9/h1-5,7,11H,6,8H2,(H,18,20)/t11-/m1/s1. The molecule has 0 spiro atoms. The summed E-state index contributed by atoms with van der Waals surface area (Å²) in [6.07, 6.45) is 0.803. The van der Waals surface area contributed by atoms with Crippen molar-refractivity contribution in [2.45, 2.75) is 11.3 Å². The van der Waals surface area contributed by atoms with E-state index in [2.05, 4.69) is 21.8 Å². The van der Waals surface area contributed by atoms with Crippen LogP contribution >= 0.6 is 0 Å². The van der Waals surface area contributed by atoms with E-state index in [9.17, 15) is 14.0 Å². The van der Waals surface area contributed by atoms with Crippen molar-refractivity contribution in [1.29, 1.82) is 0 Å². The molecule has 0 bridgehead atoms. The predicted octanol–water partition coefficient (Wildman–Crippen LogP) is 2.09. The van der Waals surface area contributed by atoms with Crippen LogP contribution in [-0.2, 0) is 4.74 Å². The average Bonchev–Trinajstić information content (AvgIpc) is 2.89. The fourth-order valence-electron chi connectivity index (χ4n) is 2.31. The third kappa shape index (κ3) is 2.79. The summed E-state index contributed by atoms with van der Waals surface area (Å²) >= 11 is 2.37. The van der Waals surface area contributed by atoms with Gasteiger partial charge in [-0.15, -0.1) is 0 Å². The number of nitrogens with one attached hydrogen (secondary N) is 1. The van der Waals surface area contributed by atoms with Gasteiger partial charge in [-0.05, 0) is 0 Å². The Hall–Kier alpha value is -2.07. The van der Waals surface area contributed by atoms with Crippen LogP contribution in [0.25, 0.3) is 11.1 Å². The number of carbonyl (C=O) groups excluding carboxylic acids is 1. The Labute approximate surface area is 134 Å². The molecule has 1 aromatic heterocycles. The summed E-state index contributed by atoms with van der Waals surface area (Å²) < 4.78 is 19.5. The third-order valence-corrected chi connectivity index (χ3v) is 4.29. The number of cyclic esters (lactones) is 1. The van der Waals surface area contributed by atoms with Crippen molar-refractivity contribution in [1.82, 2.24) is 4.98 Å². The number of pyridine rings is 1. The number of halogens is 1. The summed E-state index contributed by atoms with van der Waals surface area (Å²) in [4.78, 5) is 26.8. The fourth-order valence-corrected chi connectivity index (χ4v) is 2.71. The van der Waals surface area contributed by atoms with E-state index in [1.54, 1.807) is 18.2 Å². The minimum atomic E-state index is -0.466. The van der Waals surface area contributed by atoms with E-state index in [0.717, 1.165) is 0 Å². The molecular formula is C15H12AsFN2O3. The van der Waals surface area contributed by atoms with E-state index >= 15 is 0 Å². The second kappa shape index (κ2) is 5.97. The van der Waals surface area contributed by atoms with Gasteiger partial charge in [0.2, 0.25) is 0 Å². The monoisotopic (exact) mass is 362 g/mol. The zero-order valence-electron chi connectivity index (χ0n) is 11.5. The predicted molar refractivity (Wildman–Crippen MR) is 80.6 cm³/mol. The number of hydrogen-bond donors (Lipinski definition) is 1. The number of nitrogens with zero attached hydrogens (tertiary/aromatic N) is 1. The number of aromatic amines is 1. The number of hydrogen-bond acceptors (Lipinski definition) is 3. The molecule has 1 aliphatic heterocycles. The van der Waals surface area contributed by atoms with Crippen LogP contribution in [0.2, 0.25) is 5.21 Å². The normalized spacial score (nSPS) is 17.6. The van der Waals surface area contributed by atoms with Crippen LogP contribution in [0.3, 0.4) is 0 Å². The van der Waals surface area contributed by atoms with E-state index in [1.807, 2.05) is 0 Å². The van der Waals surface area contributed by atoms with Crippen LogP contribution in [0.5, 0.6) is 0 Å². The number of rotatable bonds is 3. The van der Waals surface area contributed by atoms with Gasteiger partial charge in [-0.25, -0.2) is 0 Å². The molecule has 22 heavy (non-hydrogen) atoms. The zero-order chi connectivity index (χ0) is 15.7. The van der Waals surface area contributed by atoms with Gasteiger partial charge in [0.25, 0.3) is 0 Å². The first-order chi connectivity index (χ1) is 10.6. The molecule has 0 saturated carbocycles. The van der Waals surface area contributed by atoms with Crippen LogP contribution in [0, 0.1) is 5.82 Å². The molecule has 1 N–H and O–H groups in total. The van der Waals surface area contributed by atoms with Crippen LogP contribution in [0.15, 0.2) is 41.3 Å². The first kappa shape index (κ1) is 14.8. The topological polar surface area (TPSA) is 62.4 Å². The second-order valence-corrected chi connectivity index (χ2v) is 5.67. The Balaban J connectivity index is 1.91. The van der Waals surface area contributed by atoms with Gasteiger partial charge >= 0.3 is 129 Å². The molecule has 3 rings (SSSR count). The maximum atomic E-state index is 14.3. The molecule has 1 aliphatic rings. The number of anilines is 1. The Morgan fingerprint density at radius 1 is 1.32 bits per heavy atom. The molecule has 112 valence electrons. The first-order valence-electron chi connectivity index (χ1n) is 6.66. The first-order valence-corrected chi connectivity index (χ1v) is 7.99. The molecular weight excluding hydrogens is 350 g/mol. The molecule has 1 saturated heterocycles. The molecule has 2 radical (unpaired) electrons. The average molecular weight is 362 g/mol. The van der Waals surface area contributed by atoms with Crippen molar-refractivity contribution in [3.8, 4) is 11.1 Å². The van der Waals surface area contributed by atoms with Gasteiger partial charge in [-0.2, -0.15) is 0 Å². The number of amides is 1. The van der Waals surface area contributed by atoms with Gasteiger partial charge in [-0.3, -0.25) is 4.79 Å². The number of H-pyrrole nitrogens is 1. The van der Waals surface area contributed by atoms with Gasteiger partial charge in [0.15, 0.2) is 0 Å². The summed E-state index contributed by atoms with van der Waals surface area (Å²) in [6.45, 7) is 0.408. The number of carbonyl (C=O) groups is 1. The Morgan fingerprint density at radius 3 is 2.73 bits per heavy atom. The van der Waals surface area contributed by atoms with Crippen molar-refractivity contribution >= 4 is 28.6 Å². The molecule has 1 atom stereocenters. The van der Waals surface area contributed by atoms with Crippen LogP contribution in [0.4, 0.5) is 14.9 Å². The van der Waals surface area contributed by atoms with Gasteiger partial charge in [0.1, 0.15) is 0 Å². The van der Waals surface area contributed by atoms with Gasteiger partial charge in [-0.1, -0.05) is 0 Å². The van der Waals surface area contributed by atoms with Gasteiger partial charge < -0.3 is 0 Å². The molecule has 2 heterocycles. The van der Waals surface area contributed by atoms with E-state index in [4.69, 9.17) is 4.74 Å². The third-order valence-electron chi connectivity index (χ3n) is 3.44. The summed E-state index contributed by atoms with van der Waals surface area (Å²) in [5.41, 5.74) is 1.14. The summed E-state index contributed by atoms with van der Waals surface area (Å²) in [6, 6.07) is 7.43. The Bertz CT molecular complexity index is 757. The quantitative estimate of drug-likeness (QED) is 0.851. The van der Waals surface area contributed by atoms with Crippen molar-refractivity contribution in [3.05, 3.63) is 52.7 Å². The molecule has 0 aliphatic carbocycles. The molecule has 1 amide bonds. The van der Waals surface area contributed by atoms with Crippen molar-refractivity contribution < 1.29 is 13.9 Å². The van der Waals surface area contributed by atoms with Crippen molar-refractivity contribution in [2.75, 3.05) is 11.4 Å².